The Labute approximate surface area is 193 Å². The molecule has 2 amide bonds. The lowest BCUT2D eigenvalue weighted by atomic mass is 10.2. The van der Waals surface area contributed by atoms with Crippen molar-refractivity contribution in [2.24, 2.45) is 5.10 Å². The zero-order valence-corrected chi connectivity index (χ0v) is 17.9. The van der Waals surface area contributed by atoms with Crippen LogP contribution in [0.4, 0.5) is 10.1 Å². The van der Waals surface area contributed by atoms with E-state index < -0.39 is 23.6 Å². The molecule has 168 valence electrons. The van der Waals surface area contributed by atoms with Crippen molar-refractivity contribution in [1.82, 2.24) is 5.43 Å². The lowest BCUT2D eigenvalue weighted by Gasteiger charge is -2.10. The summed E-state index contributed by atoms with van der Waals surface area (Å²) in [6.07, 6.45) is 1.27. The first-order chi connectivity index (χ1) is 15.9. The molecule has 0 radical (unpaired) electrons. The van der Waals surface area contributed by atoms with Gasteiger partial charge in [-0.1, -0.05) is 11.6 Å². The Morgan fingerprint density at radius 1 is 0.939 bits per heavy atom. The highest BCUT2D eigenvalue weighted by Crippen LogP contribution is 2.28. The summed E-state index contributed by atoms with van der Waals surface area (Å²) in [7, 11) is 1.40. The molecule has 3 rings (SSSR count). The van der Waals surface area contributed by atoms with Gasteiger partial charge in [0.2, 0.25) is 0 Å². The highest BCUT2D eigenvalue weighted by Gasteiger charge is 2.14. The number of halogens is 2. The van der Waals surface area contributed by atoms with Gasteiger partial charge in [-0.2, -0.15) is 5.10 Å². The van der Waals surface area contributed by atoms with Crippen LogP contribution in [-0.4, -0.2) is 31.1 Å². The van der Waals surface area contributed by atoms with Crippen LogP contribution in [-0.2, 0) is 9.59 Å². The topological polar surface area (TPSA) is 106 Å². The molecule has 3 aromatic rings. The number of hydrogen-bond acceptors (Lipinski definition) is 6. The smallest absolute Gasteiger partial charge is 0.343 e. The molecule has 0 aliphatic rings. The summed E-state index contributed by atoms with van der Waals surface area (Å²) < 4.78 is 23.5. The van der Waals surface area contributed by atoms with Crippen LogP contribution < -0.4 is 20.2 Å². The molecule has 3 aromatic carbocycles. The van der Waals surface area contributed by atoms with E-state index in [4.69, 9.17) is 21.1 Å². The molecule has 0 bridgehead atoms. The highest BCUT2D eigenvalue weighted by molar-refractivity contribution is 6.39. The minimum Gasteiger partial charge on any atom is -0.493 e. The van der Waals surface area contributed by atoms with Gasteiger partial charge < -0.3 is 14.8 Å². The molecule has 0 spiro atoms. The molecular formula is C23H17ClFN3O5. The molecule has 0 saturated heterocycles. The van der Waals surface area contributed by atoms with Crippen molar-refractivity contribution in [3.05, 3.63) is 88.7 Å². The fourth-order valence-corrected chi connectivity index (χ4v) is 2.66. The van der Waals surface area contributed by atoms with Gasteiger partial charge in [0.15, 0.2) is 11.5 Å². The van der Waals surface area contributed by atoms with Crippen LogP contribution in [0.1, 0.15) is 15.9 Å². The van der Waals surface area contributed by atoms with Crippen LogP contribution in [0, 0.1) is 5.82 Å². The third-order valence-electron chi connectivity index (χ3n) is 4.16. The number of nitrogens with one attached hydrogen (secondary N) is 2. The molecule has 0 aliphatic heterocycles. The fourth-order valence-electron chi connectivity index (χ4n) is 2.53. The van der Waals surface area contributed by atoms with E-state index in [9.17, 15) is 18.8 Å². The highest BCUT2D eigenvalue weighted by atomic mass is 35.5. The number of carbonyl (C=O) groups is 3. The third-order valence-corrected chi connectivity index (χ3v) is 4.41. The van der Waals surface area contributed by atoms with E-state index in [0.29, 0.717) is 16.1 Å². The molecule has 0 saturated carbocycles. The van der Waals surface area contributed by atoms with Crippen molar-refractivity contribution < 1.29 is 28.2 Å². The molecule has 0 fully saturated rings. The van der Waals surface area contributed by atoms with Crippen LogP contribution in [0.5, 0.6) is 11.5 Å². The zero-order valence-electron chi connectivity index (χ0n) is 17.2. The van der Waals surface area contributed by atoms with Gasteiger partial charge in [0.05, 0.1) is 18.9 Å². The number of anilines is 1. The number of esters is 1. The number of nitrogens with zero attached hydrogens (tertiary/aromatic N) is 1. The first-order valence-corrected chi connectivity index (χ1v) is 9.79. The predicted molar refractivity (Wildman–Crippen MR) is 120 cm³/mol. The number of hydrogen-bond donors (Lipinski definition) is 2. The van der Waals surface area contributed by atoms with Gasteiger partial charge in [-0.25, -0.2) is 14.6 Å². The van der Waals surface area contributed by atoms with Crippen molar-refractivity contribution in [2.75, 3.05) is 12.4 Å². The van der Waals surface area contributed by atoms with Gasteiger partial charge in [-0.3, -0.25) is 9.59 Å². The summed E-state index contributed by atoms with van der Waals surface area (Å²) in [4.78, 5) is 36.0. The Balaban J connectivity index is 1.59. The van der Waals surface area contributed by atoms with Crippen LogP contribution in [0.3, 0.4) is 0 Å². The fraction of sp³-hybridized carbons (Fsp3) is 0.0435. The van der Waals surface area contributed by atoms with Crippen molar-refractivity contribution in [2.45, 2.75) is 0 Å². The zero-order chi connectivity index (χ0) is 23.8. The monoisotopic (exact) mass is 469 g/mol. The third kappa shape index (κ3) is 6.62. The van der Waals surface area contributed by atoms with E-state index in [1.807, 2.05) is 0 Å². The second-order valence-corrected chi connectivity index (χ2v) is 6.90. The minimum absolute atomic E-state index is 0.178. The molecule has 0 unspecified atom stereocenters. The van der Waals surface area contributed by atoms with Crippen LogP contribution in [0.15, 0.2) is 71.8 Å². The van der Waals surface area contributed by atoms with Crippen molar-refractivity contribution in [1.29, 1.82) is 0 Å². The molecule has 8 nitrogen and oxygen atoms in total. The molecule has 2 N–H and O–H groups in total. The summed E-state index contributed by atoms with van der Waals surface area (Å²) >= 11 is 5.82. The van der Waals surface area contributed by atoms with E-state index in [-0.39, 0.29) is 17.2 Å². The first-order valence-electron chi connectivity index (χ1n) is 9.41. The molecule has 10 heteroatoms. The van der Waals surface area contributed by atoms with Gasteiger partial charge in [0, 0.05) is 10.7 Å². The number of carbonyl (C=O) groups excluding carboxylic acids is 3. The van der Waals surface area contributed by atoms with Gasteiger partial charge in [0.1, 0.15) is 5.82 Å². The average molecular weight is 470 g/mol. The number of amides is 2. The van der Waals surface area contributed by atoms with Crippen LogP contribution in [0.25, 0.3) is 0 Å². The first kappa shape index (κ1) is 23.4. The summed E-state index contributed by atoms with van der Waals surface area (Å²) in [5, 5.41) is 6.52. The van der Waals surface area contributed by atoms with Crippen molar-refractivity contribution >= 4 is 41.3 Å². The lowest BCUT2D eigenvalue weighted by molar-refractivity contribution is -0.136. The second-order valence-electron chi connectivity index (χ2n) is 6.47. The van der Waals surface area contributed by atoms with E-state index in [1.54, 1.807) is 18.2 Å². The van der Waals surface area contributed by atoms with Crippen LogP contribution in [0.2, 0.25) is 5.02 Å². The molecule has 33 heavy (non-hydrogen) atoms. The Morgan fingerprint density at radius 3 is 2.30 bits per heavy atom. The van der Waals surface area contributed by atoms with Gasteiger partial charge in [0.25, 0.3) is 0 Å². The molecule has 0 heterocycles. The summed E-state index contributed by atoms with van der Waals surface area (Å²) in [6.45, 7) is 0. The molecule has 0 atom stereocenters. The number of rotatable bonds is 6. The molecule has 0 aliphatic carbocycles. The quantitative estimate of drug-likeness (QED) is 0.188. The normalized spacial score (nSPS) is 10.5. The maximum Gasteiger partial charge on any atom is 0.343 e. The Kier molecular flexibility index (Phi) is 7.72. The summed E-state index contributed by atoms with van der Waals surface area (Å²) in [5.74, 6) is -2.62. The van der Waals surface area contributed by atoms with E-state index in [0.717, 1.165) is 12.1 Å². The lowest BCUT2D eigenvalue weighted by Crippen LogP contribution is -2.32. The molecule has 0 aromatic heterocycles. The summed E-state index contributed by atoms with van der Waals surface area (Å²) in [5.41, 5.74) is 3.15. The summed E-state index contributed by atoms with van der Waals surface area (Å²) in [6, 6.07) is 15.7. The van der Waals surface area contributed by atoms with Crippen molar-refractivity contribution in [3.8, 4) is 11.5 Å². The van der Waals surface area contributed by atoms with Gasteiger partial charge in [-0.15, -0.1) is 0 Å². The number of methoxy groups -OCH3 is 1. The van der Waals surface area contributed by atoms with E-state index >= 15 is 0 Å². The standard InChI is InChI=1S/C23H17ClFN3O5/c1-32-20-12-14(2-11-19(20)33-23(31)15-3-5-16(24)6-4-15)13-26-28-22(30)21(29)27-18-9-7-17(25)8-10-18/h2-13H,1H3,(H,27,29)(H,28,30)/b26-13+. The maximum atomic E-state index is 12.9. The predicted octanol–water partition coefficient (Wildman–Crippen LogP) is 3.80. The van der Waals surface area contributed by atoms with E-state index in [1.165, 1.54) is 49.7 Å². The number of benzene rings is 3. The minimum atomic E-state index is -1.02. The SMILES string of the molecule is COc1cc(/C=N/NC(=O)C(=O)Nc2ccc(F)cc2)ccc1OC(=O)c1ccc(Cl)cc1. The Morgan fingerprint density at radius 2 is 1.64 bits per heavy atom. The van der Waals surface area contributed by atoms with E-state index in [2.05, 4.69) is 15.8 Å². The van der Waals surface area contributed by atoms with Gasteiger partial charge >= 0.3 is 17.8 Å². The van der Waals surface area contributed by atoms with Gasteiger partial charge in [-0.05, 0) is 72.3 Å². The Bertz CT molecular complexity index is 1200. The maximum absolute atomic E-state index is 12.9. The number of hydrazone groups is 1. The largest absolute Gasteiger partial charge is 0.493 e. The van der Waals surface area contributed by atoms with Crippen molar-refractivity contribution in [3.63, 3.8) is 0 Å². The second kappa shape index (κ2) is 10.9. The average Bonchev–Trinajstić information content (AvgIpc) is 2.81. The number of ether oxygens (including phenoxy) is 2. The van der Waals surface area contributed by atoms with Crippen LogP contribution >= 0.6 is 11.6 Å². The Hall–Kier alpha value is -4.24. The molecular weight excluding hydrogens is 453 g/mol.